The van der Waals surface area contributed by atoms with Crippen molar-refractivity contribution in [1.82, 2.24) is 0 Å². The van der Waals surface area contributed by atoms with Gasteiger partial charge in [-0.1, -0.05) is 19.1 Å². The molecule has 0 aromatic heterocycles. The van der Waals surface area contributed by atoms with Crippen LogP contribution in [0.25, 0.3) is 0 Å². The molecule has 88 valence electrons. The third-order valence-electron chi connectivity index (χ3n) is 3.92. The van der Waals surface area contributed by atoms with Gasteiger partial charge in [-0.3, -0.25) is 0 Å². The van der Waals surface area contributed by atoms with Crippen LogP contribution in [-0.4, -0.2) is 13.1 Å². The number of anilines is 1. The molecule has 0 spiro atoms. The van der Waals surface area contributed by atoms with Crippen LogP contribution >= 0.6 is 12.4 Å². The lowest BCUT2D eigenvalue weighted by Crippen LogP contribution is -2.40. The molecule has 0 amide bonds. The van der Waals surface area contributed by atoms with E-state index in [0.717, 1.165) is 12.3 Å². The Balaban J connectivity index is 0.000000963. The highest BCUT2D eigenvalue weighted by Gasteiger charge is 2.27. The predicted octanol–water partition coefficient (Wildman–Crippen LogP) is 3.44. The van der Waals surface area contributed by atoms with Gasteiger partial charge in [-0.15, -0.1) is 12.4 Å². The van der Waals surface area contributed by atoms with Gasteiger partial charge in [-0.2, -0.15) is 0 Å². The van der Waals surface area contributed by atoms with Gasteiger partial charge in [0.25, 0.3) is 0 Å². The van der Waals surface area contributed by atoms with Crippen molar-refractivity contribution in [2.75, 3.05) is 18.0 Å². The Morgan fingerprint density at radius 3 is 3.06 bits per heavy atom. The number of fused-ring (bicyclic) bond motifs is 4. The van der Waals surface area contributed by atoms with Crippen LogP contribution in [0.1, 0.15) is 30.9 Å². The molecule has 3 rings (SSSR count). The van der Waals surface area contributed by atoms with E-state index in [4.69, 9.17) is 0 Å². The van der Waals surface area contributed by atoms with Gasteiger partial charge in [0.2, 0.25) is 0 Å². The molecule has 0 radical (unpaired) electrons. The molecule has 0 saturated carbocycles. The SMILES string of the molecule is CCc1ccc2c(c1)CC1CCCN2C1.Cl. The zero-order valence-corrected chi connectivity index (χ0v) is 10.7. The van der Waals surface area contributed by atoms with Crippen LogP contribution in [0.2, 0.25) is 0 Å². The summed E-state index contributed by atoms with van der Waals surface area (Å²) in [6.45, 7) is 4.82. The maximum atomic E-state index is 2.59. The summed E-state index contributed by atoms with van der Waals surface area (Å²) in [5.41, 5.74) is 4.61. The van der Waals surface area contributed by atoms with Crippen LogP contribution in [0.4, 0.5) is 5.69 Å². The number of rotatable bonds is 1. The third-order valence-corrected chi connectivity index (χ3v) is 3.92. The maximum Gasteiger partial charge on any atom is 0.0399 e. The fourth-order valence-corrected chi connectivity index (χ4v) is 3.09. The van der Waals surface area contributed by atoms with E-state index >= 15 is 0 Å². The minimum atomic E-state index is 0. The minimum absolute atomic E-state index is 0. The summed E-state index contributed by atoms with van der Waals surface area (Å²) in [6, 6.07) is 7.07. The Bertz CT molecular complexity index is 375. The molecule has 1 nitrogen and oxygen atoms in total. The summed E-state index contributed by atoms with van der Waals surface area (Å²) in [7, 11) is 0. The van der Waals surface area contributed by atoms with E-state index in [1.807, 2.05) is 0 Å². The first-order chi connectivity index (χ1) is 7.36. The van der Waals surface area contributed by atoms with E-state index in [0.29, 0.717) is 0 Å². The lowest BCUT2D eigenvalue weighted by Gasteiger charge is -2.40. The summed E-state index contributed by atoms with van der Waals surface area (Å²) < 4.78 is 0. The molecule has 2 heteroatoms. The molecule has 2 heterocycles. The molecule has 16 heavy (non-hydrogen) atoms. The quantitative estimate of drug-likeness (QED) is 0.723. The van der Waals surface area contributed by atoms with Gasteiger partial charge < -0.3 is 4.90 Å². The van der Waals surface area contributed by atoms with E-state index in [-0.39, 0.29) is 12.4 Å². The van der Waals surface area contributed by atoms with Crippen molar-refractivity contribution in [3.63, 3.8) is 0 Å². The predicted molar refractivity (Wildman–Crippen MR) is 71.7 cm³/mol. The van der Waals surface area contributed by atoms with Crippen LogP contribution in [0.5, 0.6) is 0 Å². The van der Waals surface area contributed by atoms with Crippen molar-refractivity contribution < 1.29 is 0 Å². The van der Waals surface area contributed by atoms with Gasteiger partial charge in [-0.05, 0) is 48.8 Å². The number of nitrogens with zero attached hydrogens (tertiary/aromatic N) is 1. The van der Waals surface area contributed by atoms with Crippen LogP contribution in [0.15, 0.2) is 18.2 Å². The topological polar surface area (TPSA) is 3.24 Å². The monoisotopic (exact) mass is 237 g/mol. The zero-order chi connectivity index (χ0) is 10.3. The molecule has 1 aromatic rings. The Morgan fingerprint density at radius 2 is 2.25 bits per heavy atom. The van der Waals surface area contributed by atoms with E-state index in [1.165, 1.54) is 43.6 Å². The number of hydrogen-bond donors (Lipinski definition) is 0. The van der Waals surface area contributed by atoms with E-state index in [1.54, 1.807) is 5.56 Å². The van der Waals surface area contributed by atoms with Gasteiger partial charge in [0.1, 0.15) is 0 Å². The van der Waals surface area contributed by atoms with Gasteiger partial charge in [-0.25, -0.2) is 0 Å². The van der Waals surface area contributed by atoms with Crippen LogP contribution in [0, 0.1) is 5.92 Å². The average Bonchev–Trinajstić information content (AvgIpc) is 2.28. The molecule has 1 unspecified atom stereocenters. The standard InChI is InChI=1S/C14H19N.ClH/c1-2-11-5-6-14-13(8-11)9-12-4-3-7-15(14)10-12;/h5-6,8,12H,2-4,7,9-10H2,1H3;1H. The normalized spacial score (nSPS) is 22.3. The Morgan fingerprint density at radius 1 is 1.38 bits per heavy atom. The summed E-state index contributed by atoms with van der Waals surface area (Å²) in [6.07, 6.45) is 5.31. The lowest BCUT2D eigenvalue weighted by atomic mass is 9.85. The second-order valence-corrected chi connectivity index (χ2v) is 4.98. The molecule has 1 aromatic carbocycles. The molecule has 0 aliphatic carbocycles. The maximum absolute atomic E-state index is 2.59. The molecule has 2 aliphatic rings. The number of piperidine rings is 1. The smallest absolute Gasteiger partial charge is 0.0399 e. The zero-order valence-electron chi connectivity index (χ0n) is 9.91. The van der Waals surface area contributed by atoms with Crippen molar-refractivity contribution in [3.05, 3.63) is 29.3 Å². The van der Waals surface area contributed by atoms with E-state index in [9.17, 15) is 0 Å². The molecule has 1 saturated heterocycles. The first kappa shape index (κ1) is 11.8. The number of halogens is 1. The van der Waals surface area contributed by atoms with Crippen molar-refractivity contribution in [2.24, 2.45) is 5.92 Å². The Labute approximate surface area is 104 Å². The fourth-order valence-electron chi connectivity index (χ4n) is 3.09. The number of hydrogen-bond acceptors (Lipinski definition) is 1. The molecule has 1 atom stereocenters. The lowest BCUT2D eigenvalue weighted by molar-refractivity contribution is 0.396. The third kappa shape index (κ3) is 1.93. The van der Waals surface area contributed by atoms with Crippen molar-refractivity contribution >= 4 is 18.1 Å². The molecule has 0 N–H and O–H groups in total. The molecule has 1 fully saturated rings. The highest BCUT2D eigenvalue weighted by molar-refractivity contribution is 5.85. The molecular formula is C14H20ClN. The molecule has 2 bridgehead atoms. The Kier molecular flexibility index (Phi) is 3.44. The summed E-state index contributed by atoms with van der Waals surface area (Å²) in [5, 5.41) is 0. The van der Waals surface area contributed by atoms with Gasteiger partial charge in [0.05, 0.1) is 0 Å². The molecular weight excluding hydrogens is 218 g/mol. The summed E-state index contributed by atoms with van der Waals surface area (Å²) >= 11 is 0. The van der Waals surface area contributed by atoms with Crippen molar-refractivity contribution in [2.45, 2.75) is 32.6 Å². The van der Waals surface area contributed by atoms with E-state index < -0.39 is 0 Å². The first-order valence-electron chi connectivity index (χ1n) is 6.23. The summed E-state index contributed by atoms with van der Waals surface area (Å²) in [4.78, 5) is 2.59. The second kappa shape index (κ2) is 4.67. The Hall–Kier alpha value is -0.690. The number of aryl methyl sites for hydroxylation is 1. The van der Waals surface area contributed by atoms with Crippen LogP contribution < -0.4 is 4.90 Å². The minimum Gasteiger partial charge on any atom is -0.371 e. The first-order valence-corrected chi connectivity index (χ1v) is 6.23. The van der Waals surface area contributed by atoms with Gasteiger partial charge in [0, 0.05) is 18.8 Å². The average molecular weight is 238 g/mol. The largest absolute Gasteiger partial charge is 0.371 e. The van der Waals surface area contributed by atoms with Gasteiger partial charge in [0.15, 0.2) is 0 Å². The van der Waals surface area contributed by atoms with Crippen LogP contribution in [-0.2, 0) is 12.8 Å². The highest BCUT2D eigenvalue weighted by Crippen LogP contribution is 2.35. The van der Waals surface area contributed by atoms with Gasteiger partial charge >= 0.3 is 0 Å². The fraction of sp³-hybridized carbons (Fsp3) is 0.571. The second-order valence-electron chi connectivity index (χ2n) is 4.98. The van der Waals surface area contributed by atoms with E-state index in [2.05, 4.69) is 30.0 Å². The van der Waals surface area contributed by atoms with Crippen molar-refractivity contribution in [3.8, 4) is 0 Å². The van der Waals surface area contributed by atoms with Crippen LogP contribution in [0.3, 0.4) is 0 Å². The summed E-state index contributed by atoms with van der Waals surface area (Å²) in [5.74, 6) is 0.929. The molecule has 2 aliphatic heterocycles. The highest BCUT2D eigenvalue weighted by atomic mass is 35.5. The van der Waals surface area contributed by atoms with Crippen molar-refractivity contribution in [1.29, 1.82) is 0 Å². The number of benzene rings is 1.